The van der Waals surface area contributed by atoms with Gasteiger partial charge in [-0.15, -0.1) is 0 Å². The lowest BCUT2D eigenvalue weighted by Gasteiger charge is -2.26. The molecule has 0 bridgehead atoms. The maximum absolute atomic E-state index is 13.4. The van der Waals surface area contributed by atoms with Gasteiger partial charge in [-0.25, -0.2) is 18.4 Å². The van der Waals surface area contributed by atoms with Crippen molar-refractivity contribution in [2.75, 3.05) is 50.6 Å². The summed E-state index contributed by atoms with van der Waals surface area (Å²) in [6.07, 6.45) is 0. The molecule has 0 radical (unpaired) electrons. The molecular weight excluding hydrogens is 506 g/mol. The molecule has 198 valence electrons. The monoisotopic (exact) mass is 535 g/mol. The van der Waals surface area contributed by atoms with E-state index in [4.69, 9.17) is 14.2 Å². The van der Waals surface area contributed by atoms with E-state index in [-0.39, 0.29) is 16.5 Å². The molecule has 2 heterocycles. The number of morpholine rings is 1. The first-order valence-corrected chi connectivity index (χ1v) is 13.6. The predicted octanol–water partition coefficient (Wildman–Crippen LogP) is 4.02. The van der Waals surface area contributed by atoms with Crippen molar-refractivity contribution >= 4 is 38.4 Å². The van der Waals surface area contributed by atoms with Crippen LogP contribution in [0.25, 0.3) is 11.0 Å². The molecular formula is C27H29N5O5S. The van der Waals surface area contributed by atoms with Crippen LogP contribution in [0.15, 0.2) is 71.6 Å². The minimum Gasteiger partial charge on any atom is -0.497 e. The Kier molecular flexibility index (Phi) is 7.59. The molecule has 0 saturated carbocycles. The third-order valence-corrected chi connectivity index (χ3v) is 7.51. The van der Waals surface area contributed by atoms with Crippen molar-refractivity contribution in [2.45, 2.75) is 11.4 Å². The number of fused-ring (bicyclic) bond motifs is 1. The average molecular weight is 536 g/mol. The largest absolute Gasteiger partial charge is 0.497 e. The number of hydrogen-bond donors (Lipinski definition) is 2. The van der Waals surface area contributed by atoms with Crippen LogP contribution >= 0.6 is 0 Å². The van der Waals surface area contributed by atoms with E-state index in [1.54, 1.807) is 50.6 Å². The molecule has 38 heavy (non-hydrogen) atoms. The molecule has 1 aliphatic rings. The van der Waals surface area contributed by atoms with Crippen LogP contribution in [0.4, 0.5) is 17.3 Å². The summed E-state index contributed by atoms with van der Waals surface area (Å²) in [7, 11) is -0.836. The van der Waals surface area contributed by atoms with Crippen molar-refractivity contribution in [2.24, 2.45) is 0 Å². The number of methoxy groups -OCH3 is 2. The molecule has 0 atom stereocenters. The minimum absolute atomic E-state index is 0.0721. The fourth-order valence-corrected chi connectivity index (χ4v) is 5.16. The van der Waals surface area contributed by atoms with E-state index in [2.05, 4.69) is 24.9 Å². The molecule has 3 aromatic carbocycles. The molecule has 1 aliphatic heterocycles. The SMILES string of the molecule is COc1cc(Nc2nc3ccccc3nc2NS(=O)(=O)c2ccc(CN3CCOCC3)cc2)cc(OC)c1. The van der Waals surface area contributed by atoms with Crippen molar-refractivity contribution in [3.05, 3.63) is 72.3 Å². The smallest absolute Gasteiger partial charge is 0.263 e. The average Bonchev–Trinajstić information content (AvgIpc) is 2.94. The molecule has 5 rings (SSSR count). The van der Waals surface area contributed by atoms with Gasteiger partial charge in [0.05, 0.1) is 43.4 Å². The lowest BCUT2D eigenvalue weighted by Crippen LogP contribution is -2.35. The summed E-state index contributed by atoms with van der Waals surface area (Å²) >= 11 is 0. The highest BCUT2D eigenvalue weighted by molar-refractivity contribution is 7.92. The van der Waals surface area contributed by atoms with Crippen LogP contribution in [0.5, 0.6) is 11.5 Å². The van der Waals surface area contributed by atoms with Gasteiger partial charge in [-0.1, -0.05) is 24.3 Å². The molecule has 0 amide bonds. The molecule has 1 saturated heterocycles. The number of rotatable bonds is 9. The Morgan fingerprint density at radius 3 is 2.08 bits per heavy atom. The van der Waals surface area contributed by atoms with E-state index < -0.39 is 10.0 Å². The molecule has 1 fully saturated rings. The zero-order chi connectivity index (χ0) is 26.5. The van der Waals surface area contributed by atoms with E-state index in [9.17, 15) is 8.42 Å². The van der Waals surface area contributed by atoms with Crippen LogP contribution in [0.3, 0.4) is 0 Å². The number of nitrogens with zero attached hydrogens (tertiary/aromatic N) is 3. The molecule has 1 aromatic heterocycles. The topological polar surface area (TPSA) is 115 Å². The third-order valence-electron chi connectivity index (χ3n) is 6.16. The predicted molar refractivity (Wildman–Crippen MR) is 146 cm³/mol. The number of ether oxygens (including phenoxy) is 3. The van der Waals surface area contributed by atoms with E-state index >= 15 is 0 Å². The first kappa shape index (κ1) is 25.7. The van der Waals surface area contributed by atoms with Gasteiger partial charge in [-0.05, 0) is 29.8 Å². The van der Waals surface area contributed by atoms with Gasteiger partial charge in [0.1, 0.15) is 11.5 Å². The Hall–Kier alpha value is -3.93. The number of aromatic nitrogens is 2. The van der Waals surface area contributed by atoms with Crippen LogP contribution in [0.1, 0.15) is 5.56 Å². The van der Waals surface area contributed by atoms with Gasteiger partial charge in [-0.3, -0.25) is 9.62 Å². The number of benzene rings is 3. The van der Waals surface area contributed by atoms with Gasteiger partial charge in [0, 0.05) is 43.5 Å². The van der Waals surface area contributed by atoms with Crippen molar-refractivity contribution in [1.82, 2.24) is 14.9 Å². The summed E-state index contributed by atoms with van der Waals surface area (Å²) in [6, 6.07) is 19.4. The summed E-state index contributed by atoms with van der Waals surface area (Å²) in [5.41, 5.74) is 2.80. The van der Waals surface area contributed by atoms with Gasteiger partial charge in [0.2, 0.25) is 0 Å². The molecule has 11 heteroatoms. The first-order chi connectivity index (χ1) is 18.4. The third kappa shape index (κ3) is 5.96. The normalized spacial score (nSPS) is 14.3. The van der Waals surface area contributed by atoms with Crippen LogP contribution in [0.2, 0.25) is 0 Å². The number of hydrogen-bond acceptors (Lipinski definition) is 9. The summed E-state index contributed by atoms with van der Waals surface area (Å²) in [5, 5.41) is 3.17. The summed E-state index contributed by atoms with van der Waals surface area (Å²) in [4.78, 5) is 11.6. The number of nitrogens with one attached hydrogen (secondary N) is 2. The highest BCUT2D eigenvalue weighted by Crippen LogP contribution is 2.31. The van der Waals surface area contributed by atoms with Crippen molar-refractivity contribution in [1.29, 1.82) is 0 Å². The van der Waals surface area contributed by atoms with E-state index in [1.807, 2.05) is 30.3 Å². The Morgan fingerprint density at radius 1 is 0.868 bits per heavy atom. The van der Waals surface area contributed by atoms with Gasteiger partial charge < -0.3 is 19.5 Å². The van der Waals surface area contributed by atoms with E-state index in [1.165, 1.54) is 0 Å². The van der Waals surface area contributed by atoms with E-state index in [0.717, 1.165) is 25.2 Å². The van der Waals surface area contributed by atoms with Crippen LogP contribution in [-0.4, -0.2) is 63.8 Å². The lowest BCUT2D eigenvalue weighted by atomic mass is 10.2. The zero-order valence-electron chi connectivity index (χ0n) is 21.2. The highest BCUT2D eigenvalue weighted by Gasteiger charge is 2.20. The Morgan fingerprint density at radius 2 is 1.47 bits per heavy atom. The zero-order valence-corrected chi connectivity index (χ0v) is 22.0. The second kappa shape index (κ2) is 11.2. The van der Waals surface area contributed by atoms with Gasteiger partial charge in [0.15, 0.2) is 11.6 Å². The fourth-order valence-electron chi connectivity index (χ4n) is 4.15. The molecule has 0 spiro atoms. The fraction of sp³-hybridized carbons (Fsp3) is 0.259. The number of para-hydroxylation sites is 2. The van der Waals surface area contributed by atoms with E-state index in [0.29, 0.717) is 41.4 Å². The molecule has 4 aromatic rings. The maximum Gasteiger partial charge on any atom is 0.263 e. The van der Waals surface area contributed by atoms with Gasteiger partial charge in [-0.2, -0.15) is 0 Å². The molecule has 0 aliphatic carbocycles. The quantitative estimate of drug-likeness (QED) is 0.328. The number of anilines is 3. The standard InChI is InChI=1S/C27H29N5O5S/c1-35-21-15-20(16-22(17-21)36-2)28-26-27(30-25-6-4-3-5-24(25)29-26)31-38(33,34)23-9-7-19(8-10-23)18-32-11-13-37-14-12-32/h3-10,15-17H,11-14,18H2,1-2H3,(H,28,29)(H,30,31). The van der Waals surface area contributed by atoms with Crippen molar-refractivity contribution < 1.29 is 22.6 Å². The Labute approximate surface area is 221 Å². The number of sulfonamides is 1. The second-order valence-electron chi connectivity index (χ2n) is 8.77. The minimum atomic E-state index is -3.95. The van der Waals surface area contributed by atoms with Gasteiger partial charge in [0.25, 0.3) is 10.0 Å². The highest BCUT2D eigenvalue weighted by atomic mass is 32.2. The molecule has 10 nitrogen and oxygen atoms in total. The van der Waals surface area contributed by atoms with Crippen LogP contribution in [0, 0.1) is 0 Å². The van der Waals surface area contributed by atoms with Crippen molar-refractivity contribution in [3.8, 4) is 11.5 Å². The Bertz CT molecular complexity index is 1500. The van der Waals surface area contributed by atoms with Crippen LogP contribution < -0.4 is 19.5 Å². The van der Waals surface area contributed by atoms with Crippen LogP contribution in [-0.2, 0) is 21.3 Å². The van der Waals surface area contributed by atoms with Crippen molar-refractivity contribution in [3.63, 3.8) is 0 Å². The second-order valence-corrected chi connectivity index (χ2v) is 10.5. The summed E-state index contributed by atoms with van der Waals surface area (Å²) in [5.74, 6) is 1.45. The Balaban J connectivity index is 1.43. The molecule has 2 N–H and O–H groups in total. The van der Waals surface area contributed by atoms with Gasteiger partial charge >= 0.3 is 0 Å². The first-order valence-electron chi connectivity index (χ1n) is 12.1. The summed E-state index contributed by atoms with van der Waals surface area (Å²) in [6.45, 7) is 3.88. The summed E-state index contributed by atoms with van der Waals surface area (Å²) < 4.78 is 45.5. The lowest BCUT2D eigenvalue weighted by molar-refractivity contribution is 0.0342. The molecule has 0 unspecified atom stereocenters. The maximum atomic E-state index is 13.4.